The number of methoxy groups -OCH3 is 3. The maximum Gasteiger partial charge on any atom is 0.161 e. The van der Waals surface area contributed by atoms with Gasteiger partial charge in [0, 0.05) is 36.0 Å². The predicted molar refractivity (Wildman–Crippen MR) is 120 cm³/mol. The van der Waals surface area contributed by atoms with Gasteiger partial charge < -0.3 is 24.4 Å². The second-order valence-corrected chi connectivity index (χ2v) is 7.46. The Bertz CT molecular complexity index is 1160. The molecule has 7 heteroatoms. The molecule has 2 aromatic carbocycles. The molecular weight excluding hydrogens is 392 g/mol. The van der Waals surface area contributed by atoms with E-state index >= 15 is 0 Å². The number of piperazine rings is 1. The molecule has 1 aliphatic rings. The smallest absolute Gasteiger partial charge is 0.161 e. The lowest BCUT2D eigenvalue weighted by Crippen LogP contribution is -2.46. The van der Waals surface area contributed by atoms with E-state index in [1.54, 1.807) is 21.3 Å². The summed E-state index contributed by atoms with van der Waals surface area (Å²) in [6.45, 7) is 4.20. The molecular formula is C24H26N4O3. The minimum Gasteiger partial charge on any atom is -0.496 e. The van der Waals surface area contributed by atoms with Gasteiger partial charge in [-0.2, -0.15) is 5.26 Å². The van der Waals surface area contributed by atoms with Crippen molar-refractivity contribution in [3.63, 3.8) is 0 Å². The van der Waals surface area contributed by atoms with E-state index in [0.717, 1.165) is 47.5 Å². The van der Waals surface area contributed by atoms with Crippen molar-refractivity contribution in [1.82, 2.24) is 10.3 Å². The molecule has 1 aromatic heterocycles. The first-order valence-corrected chi connectivity index (χ1v) is 10.2. The van der Waals surface area contributed by atoms with E-state index in [1.807, 2.05) is 37.3 Å². The van der Waals surface area contributed by atoms with Crippen LogP contribution in [0.25, 0.3) is 10.8 Å². The summed E-state index contributed by atoms with van der Waals surface area (Å²) < 4.78 is 16.6. The summed E-state index contributed by atoms with van der Waals surface area (Å²) in [5.74, 6) is 2.91. The molecule has 1 saturated heterocycles. The van der Waals surface area contributed by atoms with E-state index in [-0.39, 0.29) is 6.04 Å². The Labute approximate surface area is 182 Å². The van der Waals surface area contributed by atoms with Crippen LogP contribution < -0.4 is 24.4 Å². The first-order valence-electron chi connectivity index (χ1n) is 10.2. The highest BCUT2D eigenvalue weighted by Crippen LogP contribution is 2.39. The molecule has 0 spiro atoms. The Balaban J connectivity index is 1.82. The predicted octanol–water partition coefficient (Wildman–Crippen LogP) is 3.59. The number of hydrogen-bond donors (Lipinski definition) is 1. The fourth-order valence-electron chi connectivity index (χ4n) is 4.23. The highest BCUT2D eigenvalue weighted by atomic mass is 16.5. The van der Waals surface area contributed by atoms with Gasteiger partial charge in [-0.15, -0.1) is 0 Å². The lowest BCUT2D eigenvalue weighted by molar-refractivity contribution is 0.356. The van der Waals surface area contributed by atoms with E-state index in [9.17, 15) is 5.26 Å². The topological polar surface area (TPSA) is 79.6 Å². The minimum absolute atomic E-state index is 0.0952. The quantitative estimate of drug-likeness (QED) is 0.678. The van der Waals surface area contributed by atoms with Crippen LogP contribution in [-0.2, 0) is 0 Å². The average molecular weight is 418 g/mol. The van der Waals surface area contributed by atoms with Gasteiger partial charge in [0.25, 0.3) is 0 Å². The first-order chi connectivity index (χ1) is 15.1. The third kappa shape index (κ3) is 3.71. The van der Waals surface area contributed by atoms with Gasteiger partial charge in [0.15, 0.2) is 11.5 Å². The Hall–Kier alpha value is -3.50. The van der Waals surface area contributed by atoms with Gasteiger partial charge >= 0.3 is 0 Å². The Morgan fingerprint density at radius 1 is 1.03 bits per heavy atom. The number of ether oxygens (including phenoxy) is 3. The normalized spacial score (nSPS) is 16.1. The minimum atomic E-state index is 0.0952. The van der Waals surface area contributed by atoms with Gasteiger partial charge in [-0.25, -0.2) is 4.98 Å². The van der Waals surface area contributed by atoms with E-state index in [2.05, 4.69) is 22.4 Å². The van der Waals surface area contributed by atoms with E-state index in [0.29, 0.717) is 22.8 Å². The second kappa shape index (κ2) is 8.70. The number of nitriles is 1. The van der Waals surface area contributed by atoms with Crippen molar-refractivity contribution in [3.05, 3.63) is 53.2 Å². The lowest BCUT2D eigenvalue weighted by atomic mass is 10.0. The number of nitrogens with zero attached hydrogens (tertiary/aromatic N) is 3. The van der Waals surface area contributed by atoms with Crippen molar-refractivity contribution in [1.29, 1.82) is 5.26 Å². The van der Waals surface area contributed by atoms with Crippen molar-refractivity contribution in [2.45, 2.75) is 13.0 Å². The van der Waals surface area contributed by atoms with Crippen molar-refractivity contribution in [2.24, 2.45) is 0 Å². The number of hydrogen-bond acceptors (Lipinski definition) is 7. The average Bonchev–Trinajstić information content (AvgIpc) is 2.82. The number of nitrogens with one attached hydrogen (secondary N) is 1. The third-order valence-corrected chi connectivity index (χ3v) is 5.77. The van der Waals surface area contributed by atoms with Crippen LogP contribution in [0.5, 0.6) is 17.2 Å². The molecule has 1 aliphatic heterocycles. The fourth-order valence-corrected chi connectivity index (χ4v) is 4.23. The molecule has 0 radical (unpaired) electrons. The largest absolute Gasteiger partial charge is 0.496 e. The van der Waals surface area contributed by atoms with Crippen LogP contribution in [0.3, 0.4) is 0 Å². The monoisotopic (exact) mass is 418 g/mol. The maximum atomic E-state index is 9.76. The van der Waals surface area contributed by atoms with E-state index in [1.165, 1.54) is 0 Å². The number of pyridine rings is 1. The third-order valence-electron chi connectivity index (χ3n) is 5.77. The molecule has 0 saturated carbocycles. The standard InChI is InChI=1S/C24H26N4O3/c1-15-19(13-25)17-11-22(30-3)23(31-4)12-18(17)24(27-15)28-10-9-26-20(14-28)16-7-5-6-8-21(16)29-2/h5-8,11-12,20,26H,9-10,14H2,1-4H3. The second-order valence-electron chi connectivity index (χ2n) is 7.46. The summed E-state index contributed by atoms with van der Waals surface area (Å²) in [7, 11) is 4.90. The molecule has 7 nitrogen and oxygen atoms in total. The number of rotatable bonds is 5. The van der Waals surface area contributed by atoms with Crippen LogP contribution in [0.15, 0.2) is 36.4 Å². The van der Waals surface area contributed by atoms with Gasteiger partial charge in [0.1, 0.15) is 17.6 Å². The van der Waals surface area contributed by atoms with Crippen molar-refractivity contribution in [2.75, 3.05) is 45.9 Å². The molecule has 1 N–H and O–H groups in total. The Morgan fingerprint density at radius 3 is 2.39 bits per heavy atom. The van der Waals surface area contributed by atoms with Gasteiger partial charge in [0.2, 0.25) is 0 Å². The molecule has 1 fully saturated rings. The van der Waals surface area contributed by atoms with Gasteiger partial charge in [-0.3, -0.25) is 0 Å². The molecule has 3 aromatic rings. The Kier molecular flexibility index (Phi) is 5.83. The molecule has 0 bridgehead atoms. The number of anilines is 1. The van der Waals surface area contributed by atoms with Crippen LogP contribution >= 0.6 is 0 Å². The first kappa shape index (κ1) is 20.8. The summed E-state index contributed by atoms with van der Waals surface area (Å²) >= 11 is 0. The van der Waals surface area contributed by atoms with Crippen LogP contribution in [0.4, 0.5) is 5.82 Å². The fraction of sp³-hybridized carbons (Fsp3) is 0.333. The lowest BCUT2D eigenvalue weighted by Gasteiger charge is -2.36. The number of fused-ring (bicyclic) bond motifs is 1. The van der Waals surface area contributed by atoms with Crippen LogP contribution in [0.2, 0.25) is 0 Å². The van der Waals surface area contributed by atoms with Gasteiger partial charge in [-0.1, -0.05) is 18.2 Å². The highest BCUT2D eigenvalue weighted by Gasteiger charge is 2.26. The molecule has 1 unspecified atom stereocenters. The maximum absolute atomic E-state index is 9.76. The van der Waals surface area contributed by atoms with Crippen LogP contribution in [0.1, 0.15) is 22.9 Å². The summed E-state index contributed by atoms with van der Waals surface area (Å²) in [6, 6.07) is 14.2. The molecule has 31 heavy (non-hydrogen) atoms. The van der Waals surface area contributed by atoms with Gasteiger partial charge in [-0.05, 0) is 25.1 Å². The van der Waals surface area contributed by atoms with E-state index in [4.69, 9.17) is 19.2 Å². The number of benzene rings is 2. The molecule has 160 valence electrons. The van der Waals surface area contributed by atoms with Crippen LogP contribution in [-0.4, -0.2) is 45.9 Å². The van der Waals surface area contributed by atoms with Crippen molar-refractivity contribution >= 4 is 16.6 Å². The highest BCUT2D eigenvalue weighted by molar-refractivity contribution is 5.98. The molecule has 4 rings (SSSR count). The van der Waals surface area contributed by atoms with Crippen molar-refractivity contribution < 1.29 is 14.2 Å². The van der Waals surface area contributed by atoms with Gasteiger partial charge in [0.05, 0.1) is 38.6 Å². The Morgan fingerprint density at radius 2 is 1.71 bits per heavy atom. The zero-order valence-corrected chi connectivity index (χ0v) is 18.2. The zero-order valence-electron chi connectivity index (χ0n) is 18.2. The molecule has 0 aliphatic carbocycles. The zero-order chi connectivity index (χ0) is 22.0. The number of aromatic nitrogens is 1. The summed E-state index contributed by atoms with van der Waals surface area (Å²) in [5.41, 5.74) is 2.37. The van der Waals surface area contributed by atoms with Crippen LogP contribution in [0, 0.1) is 18.3 Å². The summed E-state index contributed by atoms with van der Waals surface area (Å²) in [5, 5.41) is 15.0. The molecule has 0 amide bonds. The summed E-state index contributed by atoms with van der Waals surface area (Å²) in [4.78, 5) is 7.11. The molecule has 1 atom stereocenters. The molecule has 2 heterocycles. The number of aryl methyl sites for hydroxylation is 1. The van der Waals surface area contributed by atoms with Crippen molar-refractivity contribution in [3.8, 4) is 23.3 Å². The summed E-state index contributed by atoms with van der Waals surface area (Å²) in [6.07, 6.45) is 0. The SMILES string of the molecule is COc1cc2c(N3CCNC(c4ccccc4OC)C3)nc(C)c(C#N)c2cc1OC. The van der Waals surface area contributed by atoms with E-state index < -0.39 is 0 Å². The number of para-hydroxylation sites is 1.